The molecule has 0 aromatic heterocycles. The summed E-state index contributed by atoms with van der Waals surface area (Å²) in [5.41, 5.74) is 1.31. The zero-order valence-corrected chi connectivity index (χ0v) is 11.3. The molecule has 1 heterocycles. The van der Waals surface area contributed by atoms with Crippen molar-refractivity contribution < 1.29 is 0 Å². The van der Waals surface area contributed by atoms with Crippen molar-refractivity contribution in [1.82, 2.24) is 5.32 Å². The number of nitrogens with zero attached hydrogens (tertiary/aromatic N) is 1. The molecule has 88 valence electrons. The van der Waals surface area contributed by atoms with E-state index in [1.165, 1.54) is 25.1 Å². The van der Waals surface area contributed by atoms with Crippen LogP contribution in [-0.2, 0) is 0 Å². The molecular formula is C13H19BrN2. The van der Waals surface area contributed by atoms with E-state index in [-0.39, 0.29) is 0 Å². The lowest BCUT2D eigenvalue weighted by Crippen LogP contribution is -2.37. The molecule has 1 N–H and O–H groups in total. The average Bonchev–Trinajstić information content (AvgIpc) is 2.78. The van der Waals surface area contributed by atoms with Gasteiger partial charge in [-0.05, 0) is 44.5 Å². The number of nitrogens with one attached hydrogen (secondary N) is 1. The second-order valence-corrected chi connectivity index (χ2v) is 5.23. The van der Waals surface area contributed by atoms with Gasteiger partial charge < -0.3 is 10.2 Å². The van der Waals surface area contributed by atoms with E-state index in [2.05, 4.69) is 57.3 Å². The zero-order chi connectivity index (χ0) is 11.4. The first-order chi connectivity index (χ1) is 7.79. The van der Waals surface area contributed by atoms with E-state index in [1.54, 1.807) is 0 Å². The molecule has 2 nitrogen and oxygen atoms in total. The number of halogens is 1. The fourth-order valence-electron chi connectivity index (χ4n) is 2.27. The summed E-state index contributed by atoms with van der Waals surface area (Å²) in [6.45, 7) is 5.58. The normalized spacial score (nSPS) is 20.0. The molecule has 0 aliphatic carbocycles. The third kappa shape index (κ3) is 2.98. The van der Waals surface area contributed by atoms with Crippen molar-refractivity contribution in [1.29, 1.82) is 0 Å². The van der Waals surface area contributed by atoms with Crippen molar-refractivity contribution in [3.05, 3.63) is 28.7 Å². The maximum absolute atomic E-state index is 3.55. The monoisotopic (exact) mass is 282 g/mol. The zero-order valence-electron chi connectivity index (χ0n) is 9.75. The smallest absolute Gasteiger partial charge is 0.0377 e. The van der Waals surface area contributed by atoms with E-state index in [0.29, 0.717) is 6.04 Å². The largest absolute Gasteiger partial charge is 0.370 e. The standard InChI is InChI=1S/C13H19BrN2/c1-2-16(10-12-6-4-8-15-12)13-7-3-5-11(14)9-13/h3,5,7,9,12,15H,2,4,6,8,10H2,1H3. The van der Waals surface area contributed by atoms with Gasteiger partial charge in [-0.3, -0.25) is 0 Å². The van der Waals surface area contributed by atoms with Gasteiger partial charge in [0.15, 0.2) is 0 Å². The Labute approximate surface area is 106 Å². The van der Waals surface area contributed by atoms with Crippen LogP contribution in [0.2, 0.25) is 0 Å². The molecule has 1 unspecified atom stereocenters. The minimum atomic E-state index is 0.666. The van der Waals surface area contributed by atoms with Crippen molar-refractivity contribution in [2.24, 2.45) is 0 Å². The molecule has 0 spiro atoms. The lowest BCUT2D eigenvalue weighted by molar-refractivity contribution is 0.586. The number of hydrogen-bond donors (Lipinski definition) is 1. The van der Waals surface area contributed by atoms with Crippen molar-refractivity contribution in [2.45, 2.75) is 25.8 Å². The average molecular weight is 283 g/mol. The molecule has 3 heteroatoms. The van der Waals surface area contributed by atoms with E-state index in [0.717, 1.165) is 17.6 Å². The third-order valence-corrected chi connectivity index (χ3v) is 3.65. The highest BCUT2D eigenvalue weighted by Gasteiger charge is 2.17. The first-order valence-corrected chi connectivity index (χ1v) is 6.83. The van der Waals surface area contributed by atoms with Gasteiger partial charge in [0.1, 0.15) is 0 Å². The Balaban J connectivity index is 2.03. The number of rotatable bonds is 4. The second kappa shape index (κ2) is 5.69. The Morgan fingerprint density at radius 1 is 1.50 bits per heavy atom. The van der Waals surface area contributed by atoms with Crippen LogP contribution in [0.4, 0.5) is 5.69 Å². The molecule has 2 rings (SSSR count). The quantitative estimate of drug-likeness (QED) is 0.913. The predicted molar refractivity (Wildman–Crippen MR) is 73.1 cm³/mol. The molecule has 0 amide bonds. The lowest BCUT2D eigenvalue weighted by Gasteiger charge is -2.26. The minimum Gasteiger partial charge on any atom is -0.370 e. The lowest BCUT2D eigenvalue weighted by atomic mass is 10.2. The van der Waals surface area contributed by atoms with E-state index in [1.807, 2.05) is 0 Å². The van der Waals surface area contributed by atoms with Gasteiger partial charge in [0.05, 0.1) is 0 Å². The van der Waals surface area contributed by atoms with Crippen LogP contribution in [0.5, 0.6) is 0 Å². The molecule has 0 radical (unpaired) electrons. The van der Waals surface area contributed by atoms with E-state index >= 15 is 0 Å². The van der Waals surface area contributed by atoms with Crippen molar-refractivity contribution in [2.75, 3.05) is 24.5 Å². The highest BCUT2D eigenvalue weighted by atomic mass is 79.9. The van der Waals surface area contributed by atoms with Crippen LogP contribution in [-0.4, -0.2) is 25.7 Å². The summed E-state index contributed by atoms with van der Waals surface area (Å²) in [5, 5.41) is 3.55. The Morgan fingerprint density at radius 2 is 2.38 bits per heavy atom. The van der Waals surface area contributed by atoms with Gasteiger partial charge in [0.2, 0.25) is 0 Å². The Morgan fingerprint density at radius 3 is 3.00 bits per heavy atom. The summed E-state index contributed by atoms with van der Waals surface area (Å²) in [7, 11) is 0. The van der Waals surface area contributed by atoms with Crippen molar-refractivity contribution in [3.63, 3.8) is 0 Å². The topological polar surface area (TPSA) is 15.3 Å². The van der Waals surface area contributed by atoms with Crippen molar-refractivity contribution >= 4 is 21.6 Å². The van der Waals surface area contributed by atoms with Crippen LogP contribution in [0.15, 0.2) is 28.7 Å². The molecule has 1 saturated heterocycles. The molecule has 1 aromatic rings. The van der Waals surface area contributed by atoms with Gasteiger partial charge in [0, 0.05) is 29.3 Å². The molecular weight excluding hydrogens is 264 g/mol. The highest BCUT2D eigenvalue weighted by Crippen LogP contribution is 2.21. The SMILES string of the molecule is CCN(CC1CCCN1)c1cccc(Br)c1. The summed E-state index contributed by atoms with van der Waals surface area (Å²) in [6.07, 6.45) is 2.63. The van der Waals surface area contributed by atoms with Gasteiger partial charge >= 0.3 is 0 Å². The number of benzene rings is 1. The summed E-state index contributed by atoms with van der Waals surface area (Å²) in [6, 6.07) is 9.22. The van der Waals surface area contributed by atoms with Crippen LogP contribution < -0.4 is 10.2 Å². The number of hydrogen-bond acceptors (Lipinski definition) is 2. The third-order valence-electron chi connectivity index (χ3n) is 3.16. The second-order valence-electron chi connectivity index (χ2n) is 4.31. The Bertz CT molecular complexity index is 334. The Hall–Kier alpha value is -0.540. The minimum absolute atomic E-state index is 0.666. The summed E-state index contributed by atoms with van der Waals surface area (Å²) in [4.78, 5) is 2.44. The maximum Gasteiger partial charge on any atom is 0.0377 e. The molecule has 1 atom stereocenters. The fourth-order valence-corrected chi connectivity index (χ4v) is 2.66. The van der Waals surface area contributed by atoms with E-state index in [4.69, 9.17) is 0 Å². The van der Waals surface area contributed by atoms with Gasteiger partial charge in [0.25, 0.3) is 0 Å². The van der Waals surface area contributed by atoms with Crippen LogP contribution in [0, 0.1) is 0 Å². The van der Waals surface area contributed by atoms with E-state index in [9.17, 15) is 0 Å². The summed E-state index contributed by atoms with van der Waals surface area (Å²) >= 11 is 3.53. The molecule has 1 aliphatic heterocycles. The van der Waals surface area contributed by atoms with Crippen LogP contribution >= 0.6 is 15.9 Å². The maximum atomic E-state index is 3.55. The molecule has 0 bridgehead atoms. The Kier molecular flexibility index (Phi) is 4.24. The van der Waals surface area contributed by atoms with Gasteiger partial charge in [-0.1, -0.05) is 22.0 Å². The fraction of sp³-hybridized carbons (Fsp3) is 0.538. The summed E-state index contributed by atoms with van der Waals surface area (Å²) < 4.78 is 1.16. The van der Waals surface area contributed by atoms with Crippen LogP contribution in [0.25, 0.3) is 0 Å². The van der Waals surface area contributed by atoms with Crippen LogP contribution in [0.1, 0.15) is 19.8 Å². The van der Waals surface area contributed by atoms with E-state index < -0.39 is 0 Å². The molecule has 0 saturated carbocycles. The first-order valence-electron chi connectivity index (χ1n) is 6.03. The predicted octanol–water partition coefficient (Wildman–Crippen LogP) is 3.03. The first kappa shape index (κ1) is 11.9. The van der Waals surface area contributed by atoms with Crippen molar-refractivity contribution in [3.8, 4) is 0 Å². The summed E-state index contributed by atoms with van der Waals surface area (Å²) in [5.74, 6) is 0. The molecule has 16 heavy (non-hydrogen) atoms. The van der Waals surface area contributed by atoms with Gasteiger partial charge in [-0.25, -0.2) is 0 Å². The van der Waals surface area contributed by atoms with Gasteiger partial charge in [-0.2, -0.15) is 0 Å². The number of anilines is 1. The number of likely N-dealkylation sites (N-methyl/N-ethyl adjacent to an activating group) is 1. The highest BCUT2D eigenvalue weighted by molar-refractivity contribution is 9.10. The van der Waals surface area contributed by atoms with Gasteiger partial charge in [-0.15, -0.1) is 0 Å². The molecule has 1 aromatic carbocycles. The molecule has 1 aliphatic rings. The van der Waals surface area contributed by atoms with Crippen LogP contribution in [0.3, 0.4) is 0 Å². The molecule has 1 fully saturated rings.